The first-order valence-corrected chi connectivity index (χ1v) is 31.1. The van der Waals surface area contributed by atoms with Crippen LogP contribution >= 0.6 is 0 Å². The molecule has 0 aliphatic rings. The molecule has 0 heterocycles. The molecule has 0 saturated carbocycles. The van der Waals surface area contributed by atoms with Gasteiger partial charge in [0.2, 0.25) is 0 Å². The maximum absolute atomic E-state index is 12.8. The van der Waals surface area contributed by atoms with Gasteiger partial charge in [-0.05, 0) is 135 Å². The van der Waals surface area contributed by atoms with E-state index in [0.717, 1.165) is 154 Å². The van der Waals surface area contributed by atoms with Crippen molar-refractivity contribution in [1.29, 1.82) is 0 Å². The van der Waals surface area contributed by atoms with Gasteiger partial charge >= 0.3 is 17.9 Å². The van der Waals surface area contributed by atoms with Gasteiger partial charge in [-0.1, -0.05) is 262 Å². The summed E-state index contributed by atoms with van der Waals surface area (Å²) in [5.41, 5.74) is 0. The van der Waals surface area contributed by atoms with Gasteiger partial charge in [0.25, 0.3) is 0 Å². The third-order valence-corrected chi connectivity index (χ3v) is 12.5. The number of hydrogen-bond acceptors (Lipinski definition) is 6. The van der Waals surface area contributed by atoms with Gasteiger partial charge in [-0.3, -0.25) is 14.4 Å². The second-order valence-electron chi connectivity index (χ2n) is 19.9. The predicted molar refractivity (Wildman–Crippen MR) is 338 cm³/mol. The number of allylic oxidation sites excluding steroid dienone is 28. The van der Waals surface area contributed by atoms with Gasteiger partial charge in [0, 0.05) is 19.3 Å². The average molecular weight is 1070 g/mol. The third-order valence-electron chi connectivity index (χ3n) is 12.5. The van der Waals surface area contributed by atoms with Gasteiger partial charge in [0.05, 0.1) is 0 Å². The molecule has 0 aliphatic heterocycles. The van der Waals surface area contributed by atoms with Gasteiger partial charge in [-0.15, -0.1) is 0 Å². The third kappa shape index (κ3) is 61.6. The Labute approximate surface area is 479 Å². The highest BCUT2D eigenvalue weighted by Gasteiger charge is 2.19. The van der Waals surface area contributed by atoms with Crippen molar-refractivity contribution < 1.29 is 28.6 Å². The van der Waals surface area contributed by atoms with Crippen molar-refractivity contribution in [2.24, 2.45) is 0 Å². The van der Waals surface area contributed by atoms with Gasteiger partial charge in [0.1, 0.15) is 13.2 Å². The molecule has 0 radical (unpaired) electrons. The molecule has 0 aromatic rings. The molecular formula is C72H112O6. The summed E-state index contributed by atoms with van der Waals surface area (Å²) in [5.74, 6) is -0.976. The minimum Gasteiger partial charge on any atom is -0.462 e. The Bertz CT molecular complexity index is 1810. The highest BCUT2D eigenvalue weighted by Crippen LogP contribution is 2.13. The summed E-state index contributed by atoms with van der Waals surface area (Å²) in [6.45, 7) is 6.32. The Hall–Kier alpha value is -5.23. The lowest BCUT2D eigenvalue weighted by Crippen LogP contribution is -2.30. The minimum atomic E-state index is -0.810. The van der Waals surface area contributed by atoms with Crippen LogP contribution in [-0.4, -0.2) is 37.2 Å². The van der Waals surface area contributed by atoms with Crippen LogP contribution in [0.5, 0.6) is 0 Å². The lowest BCUT2D eigenvalue weighted by molar-refractivity contribution is -0.167. The number of hydrogen-bond donors (Lipinski definition) is 0. The number of carbonyl (C=O) groups is 3. The van der Waals surface area contributed by atoms with Crippen molar-refractivity contribution in [3.05, 3.63) is 170 Å². The van der Waals surface area contributed by atoms with Crippen LogP contribution in [0.3, 0.4) is 0 Å². The van der Waals surface area contributed by atoms with Crippen molar-refractivity contribution in [2.45, 2.75) is 252 Å². The molecule has 0 N–H and O–H groups in total. The van der Waals surface area contributed by atoms with Crippen LogP contribution in [-0.2, 0) is 28.6 Å². The second kappa shape index (κ2) is 64.3. The van der Waals surface area contributed by atoms with E-state index in [-0.39, 0.29) is 31.1 Å². The van der Waals surface area contributed by atoms with Crippen molar-refractivity contribution >= 4 is 17.9 Å². The van der Waals surface area contributed by atoms with E-state index in [9.17, 15) is 14.4 Å². The standard InChI is InChI=1S/C72H112O6/c1-4-7-10-13-16-19-21-23-25-27-29-30-31-32-33-34-35-36-37-38-39-40-41-42-44-45-47-49-51-53-56-59-62-65-71(74)77-68-69(67-76-70(73)64-61-58-55-18-15-12-9-6-3)78-72(75)66-63-60-57-54-52-50-48-46-43-28-26-24-22-20-17-14-11-8-5-2/h7-8,10-11,16-17,19-20,23-26,29-30,32-33,35-36,38-39,41-43,45-47,51,53,69H,4-6,9,12-15,18,21-22,27-28,31,34,37,40,44,48-50,52,54-68H2,1-3H3/b10-7-,11-8-,19-16-,20-17-,25-23-,26-24-,30-29-,33-32-,36-35-,39-38-,42-41-,46-43-,47-45-,53-51-. The van der Waals surface area contributed by atoms with Crippen LogP contribution in [0.25, 0.3) is 0 Å². The van der Waals surface area contributed by atoms with Crippen molar-refractivity contribution in [2.75, 3.05) is 13.2 Å². The summed E-state index contributed by atoms with van der Waals surface area (Å²) < 4.78 is 16.8. The monoisotopic (exact) mass is 1070 g/mol. The summed E-state index contributed by atoms with van der Waals surface area (Å²) in [4.78, 5) is 38.1. The van der Waals surface area contributed by atoms with Crippen molar-refractivity contribution in [3.8, 4) is 0 Å². The Morgan fingerprint density at radius 3 is 0.808 bits per heavy atom. The normalized spacial score (nSPS) is 13.3. The fraction of sp³-hybridized carbons (Fsp3) is 0.569. The smallest absolute Gasteiger partial charge is 0.306 e. The summed E-state index contributed by atoms with van der Waals surface area (Å²) in [6, 6.07) is 0. The first-order valence-electron chi connectivity index (χ1n) is 31.1. The molecule has 0 bridgehead atoms. The van der Waals surface area contributed by atoms with Crippen LogP contribution < -0.4 is 0 Å². The van der Waals surface area contributed by atoms with Crippen molar-refractivity contribution in [1.82, 2.24) is 0 Å². The van der Waals surface area contributed by atoms with E-state index in [4.69, 9.17) is 14.2 Å². The van der Waals surface area contributed by atoms with Crippen LogP contribution in [0, 0.1) is 0 Å². The lowest BCUT2D eigenvalue weighted by Gasteiger charge is -2.18. The molecule has 6 heteroatoms. The van der Waals surface area contributed by atoms with Gasteiger partial charge in [-0.2, -0.15) is 0 Å². The quantitative estimate of drug-likeness (QED) is 0.0261. The summed E-state index contributed by atoms with van der Waals surface area (Å²) in [5, 5.41) is 0. The van der Waals surface area contributed by atoms with E-state index in [1.807, 2.05) is 0 Å². The Morgan fingerprint density at radius 2 is 0.500 bits per heavy atom. The number of rotatable bonds is 54. The molecule has 1 unspecified atom stereocenters. The predicted octanol–water partition coefficient (Wildman–Crippen LogP) is 21.5. The molecule has 0 aliphatic carbocycles. The number of ether oxygens (including phenoxy) is 3. The zero-order valence-electron chi connectivity index (χ0n) is 49.9. The maximum Gasteiger partial charge on any atom is 0.306 e. The molecule has 0 aromatic heterocycles. The largest absolute Gasteiger partial charge is 0.462 e. The molecule has 1 atom stereocenters. The van der Waals surface area contributed by atoms with E-state index in [2.05, 4.69) is 191 Å². The van der Waals surface area contributed by atoms with E-state index in [0.29, 0.717) is 25.7 Å². The molecule has 0 spiro atoms. The first-order chi connectivity index (χ1) is 38.5. The SMILES string of the molecule is CC/C=C\C/C=C\C/C=C\C/C=C\C/C=C\C/C=C\C/C=C\C/C=C\C/C=C\C/C=C\CCCCC(=O)OCC(COC(=O)CCCCCCCCCC)OC(=O)CCCCCCCC/C=C\C/C=C\C/C=C\C/C=C\CC. The molecule has 0 saturated heterocycles. The summed E-state index contributed by atoms with van der Waals surface area (Å²) >= 11 is 0. The van der Waals surface area contributed by atoms with E-state index in [1.54, 1.807) is 0 Å². The minimum absolute atomic E-state index is 0.104. The summed E-state index contributed by atoms with van der Waals surface area (Å²) in [6.07, 6.45) is 95.1. The summed E-state index contributed by atoms with van der Waals surface area (Å²) in [7, 11) is 0. The van der Waals surface area contributed by atoms with Crippen LogP contribution in [0.2, 0.25) is 0 Å². The molecule has 0 amide bonds. The average Bonchev–Trinajstić information content (AvgIpc) is 3.44. The van der Waals surface area contributed by atoms with Crippen molar-refractivity contribution in [3.63, 3.8) is 0 Å². The van der Waals surface area contributed by atoms with E-state index >= 15 is 0 Å². The zero-order valence-corrected chi connectivity index (χ0v) is 49.9. The molecule has 436 valence electrons. The van der Waals surface area contributed by atoms with Gasteiger partial charge in [0.15, 0.2) is 6.10 Å². The van der Waals surface area contributed by atoms with Crippen LogP contribution in [0.1, 0.15) is 245 Å². The second-order valence-corrected chi connectivity index (χ2v) is 19.9. The zero-order chi connectivity index (χ0) is 56.4. The molecule has 78 heavy (non-hydrogen) atoms. The Balaban J connectivity index is 4.33. The van der Waals surface area contributed by atoms with E-state index in [1.165, 1.54) is 44.9 Å². The lowest BCUT2D eigenvalue weighted by atomic mass is 10.1. The number of unbranched alkanes of at least 4 members (excludes halogenated alkanes) is 15. The topological polar surface area (TPSA) is 78.9 Å². The fourth-order valence-corrected chi connectivity index (χ4v) is 7.87. The molecule has 0 fully saturated rings. The fourth-order valence-electron chi connectivity index (χ4n) is 7.87. The van der Waals surface area contributed by atoms with Gasteiger partial charge < -0.3 is 14.2 Å². The Kier molecular flexibility index (Phi) is 60.0. The maximum atomic E-state index is 12.8. The number of carbonyl (C=O) groups excluding carboxylic acids is 3. The molecule has 6 nitrogen and oxygen atoms in total. The number of esters is 3. The van der Waals surface area contributed by atoms with Gasteiger partial charge in [-0.25, -0.2) is 0 Å². The van der Waals surface area contributed by atoms with Crippen LogP contribution in [0.4, 0.5) is 0 Å². The molecular weight excluding hydrogens is 961 g/mol. The van der Waals surface area contributed by atoms with E-state index < -0.39 is 6.10 Å². The Morgan fingerprint density at radius 1 is 0.269 bits per heavy atom. The van der Waals surface area contributed by atoms with Crippen LogP contribution in [0.15, 0.2) is 170 Å². The highest BCUT2D eigenvalue weighted by atomic mass is 16.6. The highest BCUT2D eigenvalue weighted by molar-refractivity contribution is 5.71. The first kappa shape index (κ1) is 72.8. The molecule has 0 aromatic carbocycles. The molecule has 0 rings (SSSR count).